The molecular weight excluding hydrogens is 248 g/mol. The Balaban J connectivity index is 2.11. The minimum absolute atomic E-state index is 0.0848. The number of ether oxygens (including phenoxy) is 1. The summed E-state index contributed by atoms with van der Waals surface area (Å²) in [6.07, 6.45) is 2.89. The van der Waals surface area contributed by atoms with Gasteiger partial charge < -0.3 is 20.5 Å². The average Bonchev–Trinajstić information content (AvgIpc) is 2.35. The van der Waals surface area contributed by atoms with E-state index in [1.165, 1.54) is 0 Å². The minimum atomic E-state index is -0.728. The molecule has 1 aliphatic rings. The lowest BCUT2D eigenvalue weighted by atomic mass is 9.86. The van der Waals surface area contributed by atoms with E-state index in [1.807, 2.05) is 13.8 Å². The lowest BCUT2D eigenvalue weighted by Gasteiger charge is -2.26. The van der Waals surface area contributed by atoms with Crippen LogP contribution in [-0.4, -0.2) is 42.4 Å². The maximum Gasteiger partial charge on any atom is 0.315 e. The Hall–Kier alpha value is -1.30. The fourth-order valence-electron chi connectivity index (χ4n) is 2.18. The summed E-state index contributed by atoms with van der Waals surface area (Å²) in [7, 11) is 0. The van der Waals surface area contributed by atoms with E-state index in [1.54, 1.807) is 0 Å². The fourth-order valence-corrected chi connectivity index (χ4v) is 2.18. The van der Waals surface area contributed by atoms with Crippen LogP contribution in [0.15, 0.2) is 0 Å². The van der Waals surface area contributed by atoms with Crippen LogP contribution in [0.3, 0.4) is 0 Å². The van der Waals surface area contributed by atoms with E-state index in [2.05, 4.69) is 10.6 Å². The van der Waals surface area contributed by atoms with Gasteiger partial charge in [-0.3, -0.25) is 4.79 Å². The molecule has 6 nitrogen and oxygen atoms in total. The van der Waals surface area contributed by atoms with Gasteiger partial charge in [-0.1, -0.05) is 0 Å². The van der Waals surface area contributed by atoms with Crippen molar-refractivity contribution in [3.63, 3.8) is 0 Å². The summed E-state index contributed by atoms with van der Waals surface area (Å²) >= 11 is 0. The Labute approximate surface area is 113 Å². The summed E-state index contributed by atoms with van der Waals surface area (Å²) in [5, 5.41) is 14.5. The molecule has 1 aliphatic carbocycles. The molecule has 1 saturated carbocycles. The van der Waals surface area contributed by atoms with E-state index < -0.39 is 5.97 Å². The summed E-state index contributed by atoms with van der Waals surface area (Å²) in [6.45, 7) is 4.87. The predicted octanol–water partition coefficient (Wildman–Crippen LogP) is 1.35. The molecule has 110 valence electrons. The number of amides is 2. The van der Waals surface area contributed by atoms with Crippen molar-refractivity contribution >= 4 is 12.0 Å². The zero-order valence-corrected chi connectivity index (χ0v) is 11.6. The largest absolute Gasteiger partial charge is 0.481 e. The van der Waals surface area contributed by atoms with Gasteiger partial charge in [-0.05, 0) is 39.5 Å². The van der Waals surface area contributed by atoms with Gasteiger partial charge in [-0.2, -0.15) is 0 Å². The summed E-state index contributed by atoms with van der Waals surface area (Å²) in [6, 6.07) is -0.118. The highest BCUT2D eigenvalue weighted by Crippen LogP contribution is 2.24. The van der Waals surface area contributed by atoms with Crippen molar-refractivity contribution in [3.8, 4) is 0 Å². The SMILES string of the molecule is CC(C)OCCNC(=O)NC1CCC(C(=O)O)CC1. The molecule has 0 atom stereocenters. The van der Waals surface area contributed by atoms with Crippen LogP contribution in [0.2, 0.25) is 0 Å². The molecule has 3 N–H and O–H groups in total. The van der Waals surface area contributed by atoms with Crippen molar-refractivity contribution < 1.29 is 19.4 Å². The number of nitrogens with one attached hydrogen (secondary N) is 2. The molecule has 0 radical (unpaired) electrons. The second-order valence-electron chi connectivity index (χ2n) is 5.21. The third kappa shape index (κ3) is 6.42. The van der Waals surface area contributed by atoms with Crippen LogP contribution in [0.1, 0.15) is 39.5 Å². The molecule has 0 aliphatic heterocycles. The van der Waals surface area contributed by atoms with Crippen molar-refractivity contribution in [1.82, 2.24) is 10.6 Å². The molecule has 1 fully saturated rings. The van der Waals surface area contributed by atoms with Crippen molar-refractivity contribution in [2.45, 2.75) is 51.7 Å². The Kier molecular flexibility index (Phi) is 6.62. The van der Waals surface area contributed by atoms with E-state index in [9.17, 15) is 9.59 Å². The number of carboxylic acid groups (broad SMARTS) is 1. The highest BCUT2D eigenvalue weighted by Gasteiger charge is 2.26. The van der Waals surface area contributed by atoms with Gasteiger partial charge in [0.25, 0.3) is 0 Å². The first-order chi connectivity index (χ1) is 8.99. The molecule has 0 bridgehead atoms. The number of carbonyl (C=O) groups is 2. The first-order valence-corrected chi connectivity index (χ1v) is 6.87. The van der Waals surface area contributed by atoms with Gasteiger partial charge in [0.2, 0.25) is 0 Å². The molecule has 0 heterocycles. The first kappa shape index (κ1) is 15.8. The van der Waals surface area contributed by atoms with Crippen LogP contribution in [0.4, 0.5) is 4.79 Å². The Morgan fingerprint density at radius 3 is 2.42 bits per heavy atom. The second kappa shape index (κ2) is 7.99. The Morgan fingerprint density at radius 1 is 1.26 bits per heavy atom. The maximum absolute atomic E-state index is 11.6. The number of hydrogen-bond donors (Lipinski definition) is 3. The predicted molar refractivity (Wildman–Crippen MR) is 71.0 cm³/mol. The highest BCUT2D eigenvalue weighted by molar-refractivity contribution is 5.74. The number of urea groups is 1. The van der Waals surface area contributed by atoms with Crippen LogP contribution in [0, 0.1) is 5.92 Å². The van der Waals surface area contributed by atoms with Crippen molar-refractivity contribution in [3.05, 3.63) is 0 Å². The smallest absolute Gasteiger partial charge is 0.315 e. The summed E-state index contributed by atoms with van der Waals surface area (Å²) < 4.78 is 5.31. The third-order valence-electron chi connectivity index (χ3n) is 3.25. The van der Waals surface area contributed by atoms with Crippen LogP contribution in [0.5, 0.6) is 0 Å². The topological polar surface area (TPSA) is 87.7 Å². The molecule has 1 rings (SSSR count). The van der Waals surface area contributed by atoms with Gasteiger partial charge in [0.05, 0.1) is 18.6 Å². The monoisotopic (exact) mass is 272 g/mol. The first-order valence-electron chi connectivity index (χ1n) is 6.87. The van der Waals surface area contributed by atoms with Gasteiger partial charge in [0.1, 0.15) is 0 Å². The fraction of sp³-hybridized carbons (Fsp3) is 0.846. The molecule has 0 saturated heterocycles. The second-order valence-corrected chi connectivity index (χ2v) is 5.21. The van der Waals surface area contributed by atoms with E-state index in [-0.39, 0.29) is 24.1 Å². The zero-order valence-electron chi connectivity index (χ0n) is 11.6. The summed E-state index contributed by atoms with van der Waals surface area (Å²) in [4.78, 5) is 22.4. The summed E-state index contributed by atoms with van der Waals surface area (Å²) in [5.74, 6) is -0.978. The van der Waals surface area contributed by atoms with Crippen LogP contribution in [-0.2, 0) is 9.53 Å². The van der Waals surface area contributed by atoms with Crippen molar-refractivity contribution in [1.29, 1.82) is 0 Å². The van der Waals surface area contributed by atoms with Crippen molar-refractivity contribution in [2.24, 2.45) is 5.92 Å². The molecule has 0 aromatic rings. The standard InChI is InChI=1S/C13H24N2O4/c1-9(2)19-8-7-14-13(18)15-11-5-3-10(4-6-11)12(16)17/h9-11H,3-8H2,1-2H3,(H,16,17)(H2,14,15,18). The quantitative estimate of drug-likeness (QED) is 0.637. The molecule has 2 amide bonds. The minimum Gasteiger partial charge on any atom is -0.481 e. The number of rotatable bonds is 6. The number of hydrogen-bond acceptors (Lipinski definition) is 3. The van der Waals surface area contributed by atoms with E-state index >= 15 is 0 Å². The van der Waals surface area contributed by atoms with E-state index in [0.29, 0.717) is 26.0 Å². The molecule has 0 spiro atoms. The Morgan fingerprint density at radius 2 is 1.89 bits per heavy atom. The van der Waals surface area contributed by atoms with Gasteiger partial charge >= 0.3 is 12.0 Å². The zero-order chi connectivity index (χ0) is 14.3. The van der Waals surface area contributed by atoms with Crippen LogP contribution < -0.4 is 10.6 Å². The molecule has 19 heavy (non-hydrogen) atoms. The Bertz CT molecular complexity index is 299. The molecule has 0 aromatic carbocycles. The maximum atomic E-state index is 11.6. The van der Waals surface area contributed by atoms with Gasteiger partial charge in [0.15, 0.2) is 0 Å². The van der Waals surface area contributed by atoms with Crippen LogP contribution in [0.25, 0.3) is 0 Å². The third-order valence-corrected chi connectivity index (χ3v) is 3.25. The molecule has 0 aromatic heterocycles. The molecule has 6 heteroatoms. The molecule has 0 unspecified atom stereocenters. The average molecular weight is 272 g/mol. The van der Waals surface area contributed by atoms with E-state index in [0.717, 1.165) is 12.8 Å². The van der Waals surface area contributed by atoms with Gasteiger partial charge in [-0.15, -0.1) is 0 Å². The summed E-state index contributed by atoms with van der Waals surface area (Å²) in [5.41, 5.74) is 0. The van der Waals surface area contributed by atoms with Crippen molar-refractivity contribution in [2.75, 3.05) is 13.2 Å². The number of carbonyl (C=O) groups excluding carboxylic acids is 1. The normalized spacial score (nSPS) is 23.1. The number of aliphatic carboxylic acids is 1. The van der Waals surface area contributed by atoms with Crippen LogP contribution >= 0.6 is 0 Å². The lowest BCUT2D eigenvalue weighted by Crippen LogP contribution is -2.45. The highest BCUT2D eigenvalue weighted by atomic mass is 16.5. The molecular formula is C13H24N2O4. The van der Waals surface area contributed by atoms with E-state index in [4.69, 9.17) is 9.84 Å². The number of carboxylic acids is 1. The lowest BCUT2D eigenvalue weighted by molar-refractivity contribution is -0.142. The van der Waals surface area contributed by atoms with Gasteiger partial charge in [-0.25, -0.2) is 4.79 Å². The van der Waals surface area contributed by atoms with Gasteiger partial charge in [0, 0.05) is 12.6 Å².